The second kappa shape index (κ2) is 8.46. The average Bonchev–Trinajstić information content (AvgIpc) is 3.07. The van der Waals surface area contributed by atoms with Gasteiger partial charge >= 0.3 is 6.01 Å². The van der Waals surface area contributed by atoms with Gasteiger partial charge in [-0.15, -0.1) is 0 Å². The largest absolute Gasteiger partial charge is 0.507 e. The number of hydrogen-bond acceptors (Lipinski definition) is 7. The molecule has 0 radical (unpaired) electrons. The molecular weight excluding hydrogens is 358 g/mol. The molecule has 7 heteroatoms. The maximum absolute atomic E-state index is 10.0. The third-order valence-electron chi connectivity index (χ3n) is 4.31. The van der Waals surface area contributed by atoms with E-state index in [-0.39, 0.29) is 11.8 Å². The first-order chi connectivity index (χ1) is 13.4. The number of rotatable bonds is 8. The van der Waals surface area contributed by atoms with E-state index in [2.05, 4.69) is 28.8 Å². The fraction of sp³-hybridized carbons (Fsp3) is 0.476. The van der Waals surface area contributed by atoms with Crippen LogP contribution in [-0.2, 0) is 0 Å². The van der Waals surface area contributed by atoms with E-state index in [0.717, 1.165) is 29.5 Å². The lowest BCUT2D eigenvalue weighted by Crippen LogP contribution is -2.06. The molecule has 28 heavy (non-hydrogen) atoms. The van der Waals surface area contributed by atoms with Gasteiger partial charge in [0.05, 0.1) is 13.2 Å². The molecule has 0 bridgehead atoms. The zero-order chi connectivity index (χ0) is 20.3. The summed E-state index contributed by atoms with van der Waals surface area (Å²) >= 11 is 0. The fourth-order valence-electron chi connectivity index (χ4n) is 2.73. The van der Waals surface area contributed by atoms with Gasteiger partial charge in [-0.3, -0.25) is 0 Å². The van der Waals surface area contributed by atoms with E-state index < -0.39 is 0 Å². The van der Waals surface area contributed by atoms with Crippen molar-refractivity contribution in [3.8, 4) is 29.1 Å². The van der Waals surface area contributed by atoms with Gasteiger partial charge in [0.25, 0.3) is 11.6 Å². The first-order valence-electron chi connectivity index (χ1n) is 9.63. The standard InChI is InChI=1S/C21H27N3O4/c1-6-8-26-19-16-20(24-21(23-19)27-9-7-12(2)3)28-18(22-16)15-10-13(4)17(25)14(5)11-15/h10-12,25H,6-9H2,1-5H3. The van der Waals surface area contributed by atoms with Crippen LogP contribution >= 0.6 is 0 Å². The van der Waals surface area contributed by atoms with Crippen molar-refractivity contribution in [2.45, 2.75) is 47.5 Å². The van der Waals surface area contributed by atoms with Crippen molar-refractivity contribution in [1.29, 1.82) is 0 Å². The van der Waals surface area contributed by atoms with Crippen LogP contribution in [0.1, 0.15) is 44.7 Å². The Morgan fingerprint density at radius 2 is 1.75 bits per heavy atom. The summed E-state index contributed by atoms with van der Waals surface area (Å²) in [7, 11) is 0. The Balaban J connectivity index is 2.00. The van der Waals surface area contributed by atoms with Crippen LogP contribution in [0.5, 0.6) is 17.6 Å². The van der Waals surface area contributed by atoms with Crippen LogP contribution < -0.4 is 9.47 Å². The van der Waals surface area contributed by atoms with Gasteiger partial charge in [0.2, 0.25) is 5.89 Å². The molecule has 2 aromatic heterocycles. The number of aromatic hydroxyl groups is 1. The highest BCUT2D eigenvalue weighted by Gasteiger charge is 2.19. The Morgan fingerprint density at radius 3 is 2.39 bits per heavy atom. The number of benzene rings is 1. The van der Waals surface area contributed by atoms with Gasteiger partial charge < -0.3 is 19.0 Å². The second-order valence-electron chi connectivity index (χ2n) is 7.32. The molecule has 0 atom stereocenters. The Hall–Kier alpha value is -2.83. The molecule has 0 spiro atoms. The normalized spacial score (nSPS) is 11.4. The van der Waals surface area contributed by atoms with E-state index in [1.165, 1.54) is 0 Å². The predicted molar refractivity (Wildman–Crippen MR) is 107 cm³/mol. The quantitative estimate of drug-likeness (QED) is 0.594. The van der Waals surface area contributed by atoms with E-state index in [9.17, 15) is 5.11 Å². The highest BCUT2D eigenvalue weighted by Crippen LogP contribution is 2.33. The number of ether oxygens (including phenoxy) is 2. The minimum absolute atomic E-state index is 0.222. The summed E-state index contributed by atoms with van der Waals surface area (Å²) in [5, 5.41) is 10.0. The Morgan fingerprint density at radius 1 is 1.04 bits per heavy atom. The zero-order valence-electron chi connectivity index (χ0n) is 17.1. The molecule has 3 rings (SSSR count). The topological polar surface area (TPSA) is 90.5 Å². The minimum Gasteiger partial charge on any atom is -0.507 e. The van der Waals surface area contributed by atoms with Crippen molar-refractivity contribution in [3.05, 3.63) is 23.3 Å². The highest BCUT2D eigenvalue weighted by atomic mass is 16.5. The van der Waals surface area contributed by atoms with E-state index >= 15 is 0 Å². The van der Waals surface area contributed by atoms with Gasteiger partial charge in [-0.1, -0.05) is 20.8 Å². The van der Waals surface area contributed by atoms with E-state index in [1.807, 2.05) is 32.9 Å². The fourth-order valence-corrected chi connectivity index (χ4v) is 2.73. The van der Waals surface area contributed by atoms with Crippen LogP contribution in [0.15, 0.2) is 16.5 Å². The monoisotopic (exact) mass is 385 g/mol. The number of hydrogen-bond donors (Lipinski definition) is 1. The number of aryl methyl sites for hydroxylation is 2. The van der Waals surface area contributed by atoms with Crippen molar-refractivity contribution in [2.24, 2.45) is 5.92 Å². The SMILES string of the molecule is CCCOc1nc(OCCC(C)C)nc2oc(-c3cc(C)c(O)c(C)c3)nc12. The smallest absolute Gasteiger partial charge is 0.323 e. The maximum atomic E-state index is 10.0. The summed E-state index contributed by atoms with van der Waals surface area (Å²) in [4.78, 5) is 13.3. The molecule has 0 amide bonds. The zero-order valence-corrected chi connectivity index (χ0v) is 17.1. The summed E-state index contributed by atoms with van der Waals surface area (Å²) < 4.78 is 17.3. The highest BCUT2D eigenvalue weighted by molar-refractivity contribution is 5.78. The molecule has 3 aromatic rings. The van der Waals surface area contributed by atoms with Gasteiger partial charge in [0.15, 0.2) is 5.52 Å². The van der Waals surface area contributed by atoms with Crippen LogP contribution in [0.2, 0.25) is 0 Å². The Labute approximate surface area is 164 Å². The van der Waals surface area contributed by atoms with Gasteiger partial charge in [-0.25, -0.2) is 4.98 Å². The molecule has 1 N–H and O–H groups in total. The van der Waals surface area contributed by atoms with Crippen molar-refractivity contribution in [2.75, 3.05) is 13.2 Å². The molecule has 1 aromatic carbocycles. The number of oxazole rings is 1. The molecule has 0 unspecified atom stereocenters. The summed E-state index contributed by atoms with van der Waals surface area (Å²) in [6.45, 7) is 11.0. The average molecular weight is 385 g/mol. The van der Waals surface area contributed by atoms with Crippen LogP contribution in [-0.4, -0.2) is 33.3 Å². The van der Waals surface area contributed by atoms with Gasteiger partial charge in [0.1, 0.15) is 5.75 Å². The van der Waals surface area contributed by atoms with Gasteiger partial charge in [-0.05, 0) is 55.9 Å². The van der Waals surface area contributed by atoms with Gasteiger partial charge in [-0.2, -0.15) is 9.97 Å². The van der Waals surface area contributed by atoms with E-state index in [1.54, 1.807) is 0 Å². The van der Waals surface area contributed by atoms with E-state index in [4.69, 9.17) is 13.9 Å². The van der Waals surface area contributed by atoms with Crippen LogP contribution in [0.25, 0.3) is 22.7 Å². The summed E-state index contributed by atoms with van der Waals surface area (Å²) in [6, 6.07) is 3.88. The molecule has 0 aliphatic carbocycles. The first-order valence-corrected chi connectivity index (χ1v) is 9.63. The lowest BCUT2D eigenvalue weighted by Gasteiger charge is -2.08. The summed E-state index contributed by atoms with van der Waals surface area (Å²) in [5.41, 5.74) is 3.04. The number of aromatic nitrogens is 3. The molecular formula is C21H27N3O4. The molecule has 0 fully saturated rings. The van der Waals surface area contributed by atoms with Crippen LogP contribution in [0, 0.1) is 19.8 Å². The maximum Gasteiger partial charge on any atom is 0.323 e. The Kier molecular flexibility index (Phi) is 6.02. The number of phenols is 1. The summed E-state index contributed by atoms with van der Waals surface area (Å²) in [5.74, 6) is 1.55. The second-order valence-corrected chi connectivity index (χ2v) is 7.32. The molecule has 150 valence electrons. The number of phenolic OH excluding ortho intramolecular Hbond substituents is 1. The molecule has 2 heterocycles. The van der Waals surface area contributed by atoms with Crippen LogP contribution in [0.3, 0.4) is 0 Å². The van der Waals surface area contributed by atoms with Crippen LogP contribution in [0.4, 0.5) is 0 Å². The van der Waals surface area contributed by atoms with Crippen molar-refractivity contribution < 1.29 is 19.0 Å². The summed E-state index contributed by atoms with van der Waals surface area (Å²) in [6.07, 6.45) is 1.75. The number of nitrogens with zero attached hydrogens (tertiary/aromatic N) is 3. The first kappa shape index (κ1) is 19.9. The molecule has 0 saturated heterocycles. The molecule has 0 aliphatic heterocycles. The predicted octanol–water partition coefficient (Wildman–Crippen LogP) is 4.82. The third-order valence-corrected chi connectivity index (χ3v) is 4.31. The van der Waals surface area contributed by atoms with Crippen molar-refractivity contribution in [1.82, 2.24) is 15.0 Å². The number of fused-ring (bicyclic) bond motifs is 1. The van der Waals surface area contributed by atoms with Crippen molar-refractivity contribution >= 4 is 11.2 Å². The third kappa shape index (κ3) is 4.35. The Bertz CT molecular complexity index is 943. The molecule has 7 nitrogen and oxygen atoms in total. The molecule has 0 saturated carbocycles. The van der Waals surface area contributed by atoms with Gasteiger partial charge in [0, 0.05) is 5.56 Å². The lowest BCUT2D eigenvalue weighted by molar-refractivity contribution is 0.257. The van der Waals surface area contributed by atoms with Crippen molar-refractivity contribution in [3.63, 3.8) is 0 Å². The van der Waals surface area contributed by atoms with E-state index in [0.29, 0.717) is 42.1 Å². The molecule has 0 aliphatic rings. The lowest BCUT2D eigenvalue weighted by atomic mass is 10.1. The minimum atomic E-state index is 0.222.